The van der Waals surface area contributed by atoms with Crippen LogP contribution in [0.25, 0.3) is 0 Å². The second-order valence-corrected chi connectivity index (χ2v) is 6.06. The van der Waals surface area contributed by atoms with Gasteiger partial charge in [-0.2, -0.15) is 0 Å². The first kappa shape index (κ1) is 18.8. The molecule has 0 aliphatic carbocycles. The van der Waals surface area contributed by atoms with Crippen molar-refractivity contribution >= 4 is 11.6 Å². The molecule has 0 radical (unpaired) electrons. The van der Waals surface area contributed by atoms with Crippen LogP contribution in [-0.4, -0.2) is 34.4 Å². The molecule has 0 amide bonds. The number of aliphatic hydroxyl groups excluding tert-OH is 1. The molecule has 5 nitrogen and oxygen atoms in total. The lowest BCUT2D eigenvalue weighted by Crippen LogP contribution is -2.33. The molecular weight excluding hydrogens is 318 g/mol. The maximum absolute atomic E-state index is 12.3. The SMILES string of the molecule is CC(=O)c1ccc(O)c(C(=O)CCNC(C)C(O)c2ccccc2)c1. The predicted molar refractivity (Wildman–Crippen MR) is 95.9 cm³/mol. The summed E-state index contributed by atoms with van der Waals surface area (Å²) >= 11 is 0. The molecule has 0 fully saturated rings. The molecule has 132 valence electrons. The Morgan fingerprint density at radius 3 is 2.44 bits per heavy atom. The fourth-order valence-electron chi connectivity index (χ4n) is 2.58. The minimum Gasteiger partial charge on any atom is -0.507 e. The van der Waals surface area contributed by atoms with Gasteiger partial charge in [-0.1, -0.05) is 30.3 Å². The van der Waals surface area contributed by atoms with E-state index in [-0.39, 0.29) is 35.3 Å². The van der Waals surface area contributed by atoms with Crippen molar-refractivity contribution in [2.45, 2.75) is 32.4 Å². The zero-order valence-corrected chi connectivity index (χ0v) is 14.4. The standard InChI is InChI=1S/C20H23NO4/c1-13(20(25)15-6-4-3-5-7-15)21-11-10-19(24)17-12-16(14(2)22)8-9-18(17)23/h3-9,12-13,20-21,23,25H,10-11H2,1-2H3. The smallest absolute Gasteiger partial charge is 0.167 e. The van der Waals surface area contributed by atoms with Gasteiger partial charge in [0.2, 0.25) is 0 Å². The van der Waals surface area contributed by atoms with E-state index in [4.69, 9.17) is 0 Å². The van der Waals surface area contributed by atoms with Crippen molar-refractivity contribution in [3.05, 3.63) is 65.2 Å². The summed E-state index contributed by atoms with van der Waals surface area (Å²) in [6, 6.07) is 13.3. The molecule has 0 aromatic heterocycles. The van der Waals surface area contributed by atoms with E-state index < -0.39 is 6.10 Å². The number of aromatic hydroxyl groups is 1. The summed E-state index contributed by atoms with van der Waals surface area (Å²) in [5.41, 5.74) is 1.34. The third kappa shape index (κ3) is 4.98. The van der Waals surface area contributed by atoms with E-state index in [9.17, 15) is 19.8 Å². The van der Waals surface area contributed by atoms with Crippen LogP contribution in [0.1, 0.15) is 52.7 Å². The van der Waals surface area contributed by atoms with E-state index in [0.29, 0.717) is 12.1 Å². The number of phenolic OH excluding ortho intramolecular Hbond substituents is 1. The minimum atomic E-state index is -0.675. The summed E-state index contributed by atoms with van der Waals surface area (Å²) < 4.78 is 0. The van der Waals surface area contributed by atoms with Crippen LogP contribution in [0.3, 0.4) is 0 Å². The van der Waals surface area contributed by atoms with E-state index in [1.807, 2.05) is 37.3 Å². The monoisotopic (exact) mass is 341 g/mol. The maximum Gasteiger partial charge on any atom is 0.167 e. The first-order valence-corrected chi connectivity index (χ1v) is 8.23. The van der Waals surface area contributed by atoms with Crippen LogP contribution in [0, 0.1) is 0 Å². The quantitative estimate of drug-likeness (QED) is 0.643. The van der Waals surface area contributed by atoms with Gasteiger partial charge in [0.05, 0.1) is 11.7 Å². The van der Waals surface area contributed by atoms with Crippen molar-refractivity contribution < 1.29 is 19.8 Å². The Morgan fingerprint density at radius 1 is 1.12 bits per heavy atom. The molecule has 0 aliphatic heterocycles. The average molecular weight is 341 g/mol. The third-order valence-corrected chi connectivity index (χ3v) is 4.14. The third-order valence-electron chi connectivity index (χ3n) is 4.14. The highest BCUT2D eigenvalue weighted by Crippen LogP contribution is 2.21. The van der Waals surface area contributed by atoms with E-state index in [1.54, 1.807) is 0 Å². The van der Waals surface area contributed by atoms with Gasteiger partial charge in [-0.3, -0.25) is 9.59 Å². The largest absolute Gasteiger partial charge is 0.507 e. The molecule has 0 bridgehead atoms. The van der Waals surface area contributed by atoms with Gasteiger partial charge in [-0.25, -0.2) is 0 Å². The van der Waals surface area contributed by atoms with Gasteiger partial charge in [0.25, 0.3) is 0 Å². The zero-order chi connectivity index (χ0) is 18.4. The fourth-order valence-corrected chi connectivity index (χ4v) is 2.58. The van der Waals surface area contributed by atoms with Crippen molar-refractivity contribution in [1.29, 1.82) is 0 Å². The minimum absolute atomic E-state index is 0.132. The Hall–Kier alpha value is -2.50. The summed E-state index contributed by atoms with van der Waals surface area (Å²) in [6.07, 6.45) is -0.522. The van der Waals surface area contributed by atoms with Gasteiger partial charge in [-0.15, -0.1) is 0 Å². The number of benzene rings is 2. The molecule has 0 saturated carbocycles. The number of hydrogen-bond donors (Lipinski definition) is 3. The molecule has 0 heterocycles. The van der Waals surface area contributed by atoms with E-state index in [1.165, 1.54) is 25.1 Å². The van der Waals surface area contributed by atoms with Crippen molar-refractivity contribution in [1.82, 2.24) is 5.32 Å². The number of rotatable bonds is 8. The van der Waals surface area contributed by atoms with Gasteiger partial charge in [0.1, 0.15) is 5.75 Å². The van der Waals surface area contributed by atoms with E-state index >= 15 is 0 Å². The highest BCUT2D eigenvalue weighted by molar-refractivity contribution is 6.02. The first-order valence-electron chi connectivity index (χ1n) is 8.23. The van der Waals surface area contributed by atoms with Gasteiger partial charge in [0.15, 0.2) is 11.6 Å². The molecule has 5 heteroatoms. The summed E-state index contributed by atoms with van der Waals surface area (Å²) in [5, 5.41) is 23.2. The molecule has 2 aromatic rings. The van der Waals surface area contributed by atoms with Crippen molar-refractivity contribution in [3.63, 3.8) is 0 Å². The summed E-state index contributed by atoms with van der Waals surface area (Å²) in [4.78, 5) is 23.7. The second kappa shape index (κ2) is 8.55. The van der Waals surface area contributed by atoms with Gasteiger partial charge >= 0.3 is 0 Å². The molecule has 0 saturated heterocycles. The zero-order valence-electron chi connectivity index (χ0n) is 14.4. The summed E-state index contributed by atoms with van der Waals surface area (Å²) in [5.74, 6) is -0.548. The van der Waals surface area contributed by atoms with Crippen LogP contribution in [0.15, 0.2) is 48.5 Å². The van der Waals surface area contributed by atoms with E-state index in [2.05, 4.69) is 5.32 Å². The summed E-state index contributed by atoms with van der Waals surface area (Å²) in [7, 11) is 0. The number of phenols is 1. The Balaban J connectivity index is 1.92. The first-order chi connectivity index (χ1) is 11.9. The molecule has 2 unspecified atom stereocenters. The summed E-state index contributed by atoms with van der Waals surface area (Å²) in [6.45, 7) is 3.61. The van der Waals surface area contributed by atoms with Gasteiger partial charge < -0.3 is 15.5 Å². The van der Waals surface area contributed by atoms with Gasteiger partial charge in [0, 0.05) is 24.6 Å². The lowest BCUT2D eigenvalue weighted by Gasteiger charge is -2.20. The molecule has 25 heavy (non-hydrogen) atoms. The van der Waals surface area contributed by atoms with Crippen molar-refractivity contribution in [2.75, 3.05) is 6.54 Å². The number of nitrogens with one attached hydrogen (secondary N) is 1. The van der Waals surface area contributed by atoms with Crippen LogP contribution in [0.2, 0.25) is 0 Å². The number of hydrogen-bond acceptors (Lipinski definition) is 5. The Kier molecular flexibility index (Phi) is 6.44. The molecule has 2 atom stereocenters. The van der Waals surface area contributed by atoms with Gasteiger partial charge in [-0.05, 0) is 37.6 Å². The number of carbonyl (C=O) groups is 2. The van der Waals surface area contributed by atoms with Crippen LogP contribution in [0.5, 0.6) is 5.75 Å². The number of Topliss-reactive ketones (excluding diaryl/α,β-unsaturated/α-hetero) is 2. The second-order valence-electron chi connectivity index (χ2n) is 6.06. The maximum atomic E-state index is 12.3. The highest BCUT2D eigenvalue weighted by Gasteiger charge is 2.17. The molecule has 0 aliphatic rings. The van der Waals surface area contributed by atoms with Crippen molar-refractivity contribution in [2.24, 2.45) is 0 Å². The van der Waals surface area contributed by atoms with Crippen LogP contribution in [-0.2, 0) is 0 Å². The normalized spacial score (nSPS) is 13.2. The fraction of sp³-hybridized carbons (Fsp3) is 0.300. The van der Waals surface area contributed by atoms with Crippen LogP contribution < -0.4 is 5.32 Å². The number of aliphatic hydroxyl groups is 1. The highest BCUT2D eigenvalue weighted by atomic mass is 16.3. The van der Waals surface area contributed by atoms with Crippen LogP contribution in [0.4, 0.5) is 0 Å². The van der Waals surface area contributed by atoms with Crippen molar-refractivity contribution in [3.8, 4) is 5.75 Å². The molecule has 2 rings (SSSR count). The predicted octanol–water partition coefficient (Wildman–Crippen LogP) is 2.88. The van der Waals surface area contributed by atoms with E-state index in [0.717, 1.165) is 5.56 Å². The molecule has 3 N–H and O–H groups in total. The Morgan fingerprint density at radius 2 is 1.80 bits per heavy atom. The number of ketones is 2. The average Bonchev–Trinajstić information content (AvgIpc) is 2.61. The Labute approximate surface area is 147 Å². The lowest BCUT2D eigenvalue weighted by atomic mass is 10.0. The topological polar surface area (TPSA) is 86.6 Å². The molecule has 0 spiro atoms. The lowest BCUT2D eigenvalue weighted by molar-refractivity contribution is 0.0969. The molecule has 2 aromatic carbocycles. The number of carbonyl (C=O) groups excluding carboxylic acids is 2. The Bertz CT molecular complexity index is 743. The molecular formula is C20H23NO4. The van der Waals surface area contributed by atoms with Crippen LogP contribution >= 0.6 is 0 Å².